The van der Waals surface area contributed by atoms with Crippen LogP contribution in [0, 0.1) is 5.82 Å². The van der Waals surface area contributed by atoms with Gasteiger partial charge in [-0.25, -0.2) is 9.37 Å². The van der Waals surface area contributed by atoms with E-state index in [2.05, 4.69) is 30.8 Å². The lowest BCUT2D eigenvalue weighted by atomic mass is 10.0. The molecule has 32 heavy (non-hydrogen) atoms. The highest BCUT2D eigenvalue weighted by Gasteiger charge is 2.26. The average Bonchev–Trinajstić information content (AvgIpc) is 3.48. The molecule has 0 radical (unpaired) electrons. The van der Waals surface area contributed by atoms with Gasteiger partial charge in [0.15, 0.2) is 17.3 Å². The van der Waals surface area contributed by atoms with Crippen LogP contribution < -0.4 is 10.6 Å². The van der Waals surface area contributed by atoms with Gasteiger partial charge in [0.05, 0.1) is 52.7 Å². The Labute approximate surface area is 188 Å². The molecule has 168 valence electrons. The number of hydrogen-bond acceptors (Lipinski definition) is 6. The van der Waals surface area contributed by atoms with Gasteiger partial charge in [-0.3, -0.25) is 14.9 Å². The predicted octanol–water partition coefficient (Wildman–Crippen LogP) is 3.99. The maximum absolute atomic E-state index is 15.2. The number of carbonyl (C=O) groups is 1. The largest absolute Gasteiger partial charge is 0.394 e. The molecule has 0 aliphatic heterocycles. The molecule has 0 bridgehead atoms. The van der Waals surface area contributed by atoms with E-state index < -0.39 is 11.4 Å². The summed E-state index contributed by atoms with van der Waals surface area (Å²) < 4.78 is 16.9. The molecule has 4 N–H and O–H groups in total. The summed E-state index contributed by atoms with van der Waals surface area (Å²) >= 11 is 6.40. The number of hydrogen-bond donors (Lipinski definition) is 4. The molecule has 1 aliphatic carbocycles. The molecule has 3 aromatic heterocycles. The summed E-state index contributed by atoms with van der Waals surface area (Å²) in [7, 11) is 0. The van der Waals surface area contributed by atoms with Crippen molar-refractivity contribution in [1.82, 2.24) is 24.6 Å². The quantitative estimate of drug-likeness (QED) is 0.324. The van der Waals surface area contributed by atoms with Crippen LogP contribution >= 0.6 is 11.6 Å². The minimum Gasteiger partial charge on any atom is -0.394 e. The molecule has 0 spiro atoms. The Hall–Kier alpha value is -3.24. The second kappa shape index (κ2) is 8.71. The number of aromatic nitrogens is 5. The molecule has 4 aromatic rings. The fourth-order valence-electron chi connectivity index (χ4n) is 3.02. The number of H-pyrrole nitrogens is 1. The molecule has 9 nitrogen and oxygen atoms in total. The Morgan fingerprint density at radius 1 is 1.31 bits per heavy atom. The Bertz CT molecular complexity index is 1280. The van der Waals surface area contributed by atoms with Crippen LogP contribution in [0.2, 0.25) is 5.02 Å². The first-order valence-corrected chi connectivity index (χ1v) is 10.5. The van der Waals surface area contributed by atoms with E-state index in [-0.39, 0.29) is 17.3 Å². The van der Waals surface area contributed by atoms with Crippen molar-refractivity contribution in [3.8, 4) is 11.3 Å². The van der Waals surface area contributed by atoms with Crippen LogP contribution in [0.5, 0.6) is 0 Å². The minimum absolute atomic E-state index is 0.117. The van der Waals surface area contributed by atoms with Gasteiger partial charge < -0.3 is 20.1 Å². The highest BCUT2D eigenvalue weighted by Crippen LogP contribution is 2.41. The number of aliphatic hydroxyl groups excluding tert-OH is 1. The maximum Gasteiger partial charge on any atom is 0.212 e. The van der Waals surface area contributed by atoms with E-state index in [0.29, 0.717) is 40.0 Å². The lowest BCUT2D eigenvalue weighted by Gasteiger charge is -2.26. The van der Waals surface area contributed by atoms with E-state index in [0.717, 1.165) is 0 Å². The number of carbonyl (C=O) groups excluding carboxylic acids is 1. The zero-order valence-electron chi connectivity index (χ0n) is 17.6. The lowest BCUT2D eigenvalue weighted by Crippen LogP contribution is -2.35. The van der Waals surface area contributed by atoms with Crippen molar-refractivity contribution in [1.29, 1.82) is 0 Å². The van der Waals surface area contributed by atoms with Crippen LogP contribution in [0.3, 0.4) is 0 Å². The molecule has 1 saturated carbocycles. The highest BCUT2D eigenvalue weighted by atomic mass is 35.5. The van der Waals surface area contributed by atoms with Gasteiger partial charge in [0.1, 0.15) is 0 Å². The fraction of sp³-hybridized carbons (Fsp3) is 0.333. The summed E-state index contributed by atoms with van der Waals surface area (Å²) in [5, 5.41) is 22.2. The molecule has 1 aliphatic rings. The molecule has 0 unspecified atom stereocenters. The standard InChI is InChI=1S/C18H17ClFN7O2.C3H6/c1-18(2,7-28)25-17-15(20)14(19)13(9-3-23-26-16(9)17)10-5-27-6-11(22-8-29)24-12(27)4-21-10;1-2-3-1/h3-6,8,25,28H,7H2,1-2H3,(H,22,29)(H,23,26);1-3H2. The normalized spacial score (nSPS) is 13.0. The number of imidazole rings is 1. The van der Waals surface area contributed by atoms with E-state index in [1.807, 2.05) is 0 Å². The number of aliphatic hydroxyl groups is 1. The predicted molar refractivity (Wildman–Crippen MR) is 121 cm³/mol. The van der Waals surface area contributed by atoms with Crippen LogP contribution in [0.4, 0.5) is 15.9 Å². The molecule has 5 rings (SSSR count). The van der Waals surface area contributed by atoms with Crippen molar-refractivity contribution in [2.75, 3.05) is 17.2 Å². The Kier molecular flexibility index (Phi) is 5.98. The second-order valence-corrected chi connectivity index (χ2v) is 8.57. The van der Waals surface area contributed by atoms with Gasteiger partial charge in [-0.05, 0) is 13.8 Å². The second-order valence-electron chi connectivity index (χ2n) is 8.19. The van der Waals surface area contributed by atoms with Gasteiger partial charge in [0.2, 0.25) is 6.41 Å². The monoisotopic (exact) mass is 459 g/mol. The summed E-state index contributed by atoms with van der Waals surface area (Å²) in [6.07, 6.45) is 11.3. The molecular weight excluding hydrogens is 437 g/mol. The van der Waals surface area contributed by atoms with Crippen molar-refractivity contribution in [3.05, 3.63) is 35.6 Å². The van der Waals surface area contributed by atoms with E-state index in [4.69, 9.17) is 11.6 Å². The van der Waals surface area contributed by atoms with Crippen LogP contribution in [0.1, 0.15) is 33.1 Å². The van der Waals surface area contributed by atoms with Gasteiger partial charge in [-0.1, -0.05) is 30.9 Å². The first kappa shape index (κ1) is 22.0. The number of rotatable bonds is 6. The van der Waals surface area contributed by atoms with Crippen LogP contribution in [0.15, 0.2) is 24.8 Å². The van der Waals surface area contributed by atoms with Gasteiger partial charge in [0, 0.05) is 17.1 Å². The van der Waals surface area contributed by atoms with Crippen molar-refractivity contribution >= 4 is 46.1 Å². The van der Waals surface area contributed by atoms with Crippen molar-refractivity contribution in [2.45, 2.75) is 38.6 Å². The molecule has 1 aromatic carbocycles. The number of nitrogens with one attached hydrogen (secondary N) is 3. The Morgan fingerprint density at radius 3 is 2.72 bits per heavy atom. The van der Waals surface area contributed by atoms with E-state index in [9.17, 15) is 9.90 Å². The lowest BCUT2D eigenvalue weighted by molar-refractivity contribution is -0.105. The summed E-state index contributed by atoms with van der Waals surface area (Å²) in [5.41, 5.74) is 1.00. The highest BCUT2D eigenvalue weighted by molar-refractivity contribution is 6.35. The minimum atomic E-state index is -0.778. The number of benzene rings is 1. The molecule has 0 atom stereocenters. The number of aromatic amines is 1. The van der Waals surface area contributed by atoms with E-state index in [1.54, 1.807) is 30.6 Å². The van der Waals surface area contributed by atoms with Gasteiger partial charge in [-0.15, -0.1) is 0 Å². The summed E-state index contributed by atoms with van der Waals surface area (Å²) in [4.78, 5) is 19.2. The SMILES string of the molecule is C1CC1.CC(C)(CO)Nc1c(F)c(Cl)c(-c2cn3cc(NC=O)nc3cn2)c2cn[nH]c12. The average molecular weight is 460 g/mol. The van der Waals surface area contributed by atoms with Crippen LogP contribution in [-0.2, 0) is 4.79 Å². The zero-order chi connectivity index (χ0) is 22.9. The van der Waals surface area contributed by atoms with Gasteiger partial charge >= 0.3 is 0 Å². The number of fused-ring (bicyclic) bond motifs is 2. The Balaban J connectivity index is 0.000000754. The third-order valence-corrected chi connectivity index (χ3v) is 5.16. The van der Waals surface area contributed by atoms with Gasteiger partial charge in [0.25, 0.3) is 0 Å². The molecule has 11 heteroatoms. The summed E-state index contributed by atoms with van der Waals surface area (Å²) in [6.45, 7) is 3.25. The molecular formula is C21H23ClFN7O2. The smallest absolute Gasteiger partial charge is 0.212 e. The fourth-order valence-corrected chi connectivity index (χ4v) is 3.31. The van der Waals surface area contributed by atoms with E-state index in [1.165, 1.54) is 31.7 Å². The van der Waals surface area contributed by atoms with Crippen molar-refractivity contribution < 1.29 is 14.3 Å². The number of anilines is 2. The van der Waals surface area contributed by atoms with Crippen LogP contribution in [-0.4, -0.2) is 48.2 Å². The summed E-state index contributed by atoms with van der Waals surface area (Å²) in [5.74, 6) is -0.328. The third-order valence-electron chi connectivity index (χ3n) is 4.81. The topological polar surface area (TPSA) is 120 Å². The van der Waals surface area contributed by atoms with Crippen molar-refractivity contribution in [2.24, 2.45) is 0 Å². The van der Waals surface area contributed by atoms with Crippen LogP contribution in [0.25, 0.3) is 27.8 Å². The first-order valence-electron chi connectivity index (χ1n) is 10.1. The Morgan fingerprint density at radius 2 is 2.06 bits per heavy atom. The molecule has 3 heterocycles. The number of halogens is 2. The summed E-state index contributed by atoms with van der Waals surface area (Å²) in [6, 6.07) is 0. The third kappa shape index (κ3) is 4.37. The van der Waals surface area contributed by atoms with Gasteiger partial charge in [-0.2, -0.15) is 5.10 Å². The van der Waals surface area contributed by atoms with E-state index >= 15 is 4.39 Å². The zero-order valence-corrected chi connectivity index (χ0v) is 18.4. The first-order chi connectivity index (χ1) is 15.3. The number of nitrogens with zero attached hydrogens (tertiary/aromatic N) is 4. The molecule has 1 amide bonds. The van der Waals surface area contributed by atoms with Crippen molar-refractivity contribution in [3.63, 3.8) is 0 Å². The number of amides is 1. The molecule has 1 fully saturated rings. The maximum atomic E-state index is 15.2. The molecule has 0 saturated heterocycles.